The van der Waals surface area contributed by atoms with Crippen LogP contribution >= 0.6 is 0 Å². The average molecular weight is 432 g/mol. The highest BCUT2D eigenvalue weighted by Crippen LogP contribution is 2.18. The zero-order chi connectivity index (χ0) is 22.0. The number of benzene rings is 2. The summed E-state index contributed by atoms with van der Waals surface area (Å²) in [4.78, 5) is 11.6. The van der Waals surface area contributed by atoms with Gasteiger partial charge in [-0.15, -0.1) is 0 Å². The lowest BCUT2D eigenvalue weighted by atomic mass is 10.2. The Morgan fingerprint density at radius 3 is 2.72 bits per heavy atom. The zero-order valence-corrected chi connectivity index (χ0v) is 18.4. The summed E-state index contributed by atoms with van der Waals surface area (Å²) in [7, 11) is 0. The van der Waals surface area contributed by atoms with Crippen molar-refractivity contribution in [2.24, 2.45) is 5.10 Å². The van der Waals surface area contributed by atoms with E-state index in [4.69, 9.17) is 14.5 Å². The summed E-state index contributed by atoms with van der Waals surface area (Å²) in [5, 5.41) is 4.38. The molecule has 1 aromatic heterocycles. The van der Waals surface area contributed by atoms with Gasteiger partial charge in [-0.3, -0.25) is 5.43 Å². The van der Waals surface area contributed by atoms with Crippen molar-refractivity contribution < 1.29 is 9.47 Å². The van der Waals surface area contributed by atoms with Crippen LogP contribution in [0.1, 0.15) is 22.5 Å². The molecule has 1 aliphatic heterocycles. The molecule has 1 N–H and O–H groups in total. The molecule has 0 atom stereocenters. The van der Waals surface area contributed by atoms with Crippen molar-refractivity contribution in [1.82, 2.24) is 9.97 Å². The minimum Gasteiger partial charge on any atom is -0.378 e. The van der Waals surface area contributed by atoms with Gasteiger partial charge in [0.2, 0.25) is 0 Å². The normalized spacial score (nSPS) is 14.1. The number of hydrogen-bond acceptors (Lipinski definition) is 7. The fraction of sp³-hybridized carbons (Fsp3) is 0.320. The second-order valence-electron chi connectivity index (χ2n) is 7.70. The Morgan fingerprint density at radius 1 is 1.06 bits per heavy atom. The molecular formula is C25H29N5O2. The van der Waals surface area contributed by atoms with E-state index in [2.05, 4.69) is 51.6 Å². The first-order valence-electron chi connectivity index (χ1n) is 10.9. The van der Waals surface area contributed by atoms with Crippen molar-refractivity contribution in [2.75, 3.05) is 43.2 Å². The molecule has 7 heteroatoms. The summed E-state index contributed by atoms with van der Waals surface area (Å²) in [6.45, 7) is 6.22. The molecule has 4 rings (SSSR count). The van der Waals surface area contributed by atoms with Gasteiger partial charge in [0.15, 0.2) is 5.82 Å². The number of morpholine rings is 1. The first-order chi connectivity index (χ1) is 15.8. The topological polar surface area (TPSA) is 71.9 Å². The summed E-state index contributed by atoms with van der Waals surface area (Å²) >= 11 is 0. The molecule has 3 aromatic rings. The molecule has 0 unspecified atom stereocenters. The Balaban J connectivity index is 1.42. The monoisotopic (exact) mass is 431 g/mol. The predicted octanol–water partition coefficient (Wildman–Crippen LogP) is 3.83. The third-order valence-electron chi connectivity index (χ3n) is 5.11. The van der Waals surface area contributed by atoms with Crippen LogP contribution in [0.15, 0.2) is 65.8 Å². The smallest absolute Gasteiger partial charge is 0.152 e. The van der Waals surface area contributed by atoms with Gasteiger partial charge in [0, 0.05) is 25.6 Å². The fourth-order valence-electron chi connectivity index (χ4n) is 3.46. The van der Waals surface area contributed by atoms with Gasteiger partial charge in [-0.1, -0.05) is 60.2 Å². The van der Waals surface area contributed by atoms with E-state index in [9.17, 15) is 0 Å². The number of hydrazone groups is 1. The molecule has 2 aromatic carbocycles. The van der Waals surface area contributed by atoms with Crippen LogP contribution in [-0.4, -0.2) is 49.1 Å². The van der Waals surface area contributed by atoms with Crippen molar-refractivity contribution >= 4 is 17.9 Å². The number of rotatable bonds is 9. The number of anilines is 2. The molecule has 1 saturated heterocycles. The number of hydrogen-bond donors (Lipinski definition) is 1. The highest BCUT2D eigenvalue weighted by atomic mass is 16.5. The van der Waals surface area contributed by atoms with Gasteiger partial charge >= 0.3 is 0 Å². The van der Waals surface area contributed by atoms with Gasteiger partial charge < -0.3 is 14.4 Å². The highest BCUT2D eigenvalue weighted by molar-refractivity contribution is 5.80. The van der Waals surface area contributed by atoms with Crippen molar-refractivity contribution in [3.05, 3.63) is 83.2 Å². The molecule has 0 amide bonds. The van der Waals surface area contributed by atoms with Crippen LogP contribution in [0, 0.1) is 6.92 Å². The van der Waals surface area contributed by atoms with Crippen LogP contribution in [0.3, 0.4) is 0 Å². The second-order valence-corrected chi connectivity index (χ2v) is 7.70. The van der Waals surface area contributed by atoms with Crippen LogP contribution < -0.4 is 10.3 Å². The lowest BCUT2D eigenvalue weighted by Crippen LogP contribution is -2.37. The maximum Gasteiger partial charge on any atom is 0.152 e. The summed E-state index contributed by atoms with van der Waals surface area (Å²) in [5.74, 6) is 2.29. The van der Waals surface area contributed by atoms with E-state index in [1.165, 1.54) is 5.56 Å². The Morgan fingerprint density at radius 2 is 1.91 bits per heavy atom. The van der Waals surface area contributed by atoms with E-state index in [1.807, 2.05) is 36.4 Å². The zero-order valence-electron chi connectivity index (χ0n) is 18.4. The van der Waals surface area contributed by atoms with Crippen molar-refractivity contribution in [3.8, 4) is 0 Å². The fourth-order valence-corrected chi connectivity index (χ4v) is 3.46. The van der Waals surface area contributed by atoms with Gasteiger partial charge in [-0.2, -0.15) is 5.10 Å². The molecule has 0 saturated carbocycles. The molecule has 32 heavy (non-hydrogen) atoms. The first-order valence-corrected chi connectivity index (χ1v) is 10.9. The Bertz CT molecular complexity index is 1020. The molecule has 7 nitrogen and oxygen atoms in total. The van der Waals surface area contributed by atoms with Crippen LogP contribution in [0.5, 0.6) is 0 Å². The molecule has 166 valence electrons. The van der Waals surface area contributed by atoms with E-state index >= 15 is 0 Å². The SMILES string of the molecule is Cc1cccc(C=NNc2cc(N3CCOCC3)nc(CCOCc3ccccc3)n2)c1. The molecule has 0 radical (unpaired) electrons. The maximum absolute atomic E-state index is 5.84. The summed E-state index contributed by atoms with van der Waals surface area (Å²) in [5.41, 5.74) is 6.46. The Labute approximate surface area is 189 Å². The molecule has 0 aliphatic carbocycles. The van der Waals surface area contributed by atoms with Gasteiger partial charge in [0.05, 0.1) is 32.6 Å². The van der Waals surface area contributed by atoms with E-state index in [0.29, 0.717) is 38.7 Å². The van der Waals surface area contributed by atoms with Crippen molar-refractivity contribution in [1.29, 1.82) is 0 Å². The Hall–Kier alpha value is -3.29. The van der Waals surface area contributed by atoms with Crippen LogP contribution in [-0.2, 0) is 22.5 Å². The van der Waals surface area contributed by atoms with Crippen LogP contribution in [0.2, 0.25) is 0 Å². The van der Waals surface area contributed by atoms with Gasteiger partial charge in [0.25, 0.3) is 0 Å². The maximum atomic E-state index is 5.84. The van der Waals surface area contributed by atoms with Crippen molar-refractivity contribution in [3.63, 3.8) is 0 Å². The quantitative estimate of drug-likeness (QED) is 0.315. The predicted molar refractivity (Wildman–Crippen MR) is 127 cm³/mol. The number of nitrogens with zero attached hydrogens (tertiary/aromatic N) is 4. The molecule has 2 heterocycles. The number of ether oxygens (including phenoxy) is 2. The summed E-state index contributed by atoms with van der Waals surface area (Å²) in [6.07, 6.45) is 2.42. The highest BCUT2D eigenvalue weighted by Gasteiger charge is 2.15. The minimum absolute atomic E-state index is 0.549. The first kappa shape index (κ1) is 21.9. The third kappa shape index (κ3) is 6.60. The molecule has 0 spiro atoms. The lowest BCUT2D eigenvalue weighted by molar-refractivity contribution is 0.121. The van der Waals surface area contributed by atoms with E-state index in [1.54, 1.807) is 6.21 Å². The second kappa shape index (κ2) is 11.4. The molecule has 0 bridgehead atoms. The summed E-state index contributed by atoms with van der Waals surface area (Å²) in [6, 6.07) is 20.3. The molecule has 1 fully saturated rings. The number of aryl methyl sites for hydroxylation is 1. The Kier molecular flexibility index (Phi) is 7.79. The van der Waals surface area contributed by atoms with E-state index in [-0.39, 0.29) is 0 Å². The van der Waals surface area contributed by atoms with Crippen LogP contribution in [0.25, 0.3) is 0 Å². The average Bonchev–Trinajstić information content (AvgIpc) is 2.83. The van der Waals surface area contributed by atoms with Gasteiger partial charge in [0.1, 0.15) is 11.6 Å². The van der Waals surface area contributed by atoms with Crippen LogP contribution in [0.4, 0.5) is 11.6 Å². The largest absolute Gasteiger partial charge is 0.378 e. The standard InChI is InChI=1S/C25H29N5O2/c1-20-6-5-9-22(16-20)18-26-29-24-17-25(30-11-14-31-15-12-30)28-23(27-24)10-13-32-19-21-7-3-2-4-8-21/h2-9,16-18H,10-15,19H2,1H3,(H,27,28,29). The third-order valence-corrected chi connectivity index (χ3v) is 5.11. The van der Waals surface area contributed by atoms with Gasteiger partial charge in [-0.05, 0) is 18.1 Å². The van der Waals surface area contributed by atoms with E-state index < -0.39 is 0 Å². The molecular weight excluding hydrogens is 402 g/mol. The number of nitrogens with one attached hydrogen (secondary N) is 1. The molecule has 1 aliphatic rings. The summed E-state index contributed by atoms with van der Waals surface area (Å²) < 4.78 is 11.3. The lowest BCUT2D eigenvalue weighted by Gasteiger charge is -2.28. The van der Waals surface area contributed by atoms with Crippen molar-refractivity contribution in [2.45, 2.75) is 20.0 Å². The number of aromatic nitrogens is 2. The minimum atomic E-state index is 0.549. The van der Waals surface area contributed by atoms with E-state index in [0.717, 1.165) is 35.9 Å². The van der Waals surface area contributed by atoms with Gasteiger partial charge in [-0.25, -0.2) is 9.97 Å².